The molecular weight excluding hydrogens is 1480 g/mol. The third-order valence-electron chi connectivity index (χ3n) is 20.1. The molecule has 0 fully saturated rings. The van der Waals surface area contributed by atoms with Gasteiger partial charge in [-0.2, -0.15) is 26.3 Å². The van der Waals surface area contributed by atoms with E-state index in [0.29, 0.717) is 70.2 Å². The Morgan fingerprint density at radius 3 is 1.48 bits per heavy atom. The van der Waals surface area contributed by atoms with E-state index in [9.17, 15) is 56.0 Å². The molecule has 604 valence electrons. The standard InChI is InChI=1S/C86H104B2F6N4O14Si/c1-10-61-18-24-72-81(48-61)113(8,9)82-53-68(95-7)23-26-73(82)83(72)74-51-62(19-17-60(74)6)63-20-25-71-75(52-63)77(57-98(55-65-50-67(86(92,93)94)22-28-79(65)88(103)104)31-35-108-39-43-111-46-44-109-40-36-105-32-13-16-80(99)58(2)3)70-15-12-11-14-69(70)76(71)56-97(54-64-49-66(85(89,90)91)21-27-78(64)87(101)102)30-34-107-38-42-112-47-45-110-41-37-106-33-29-96-84(100)59(4)5/h10-12,14-15,17-28,48-53,95,101-104H,2,4,13,16,29-47,54-57H2,1,3,5-9H3,(H,96,100)/b61-10+. The molecule has 1 aliphatic heterocycles. The highest BCUT2D eigenvalue weighted by Crippen LogP contribution is 2.40. The topological polar surface area (TPSA) is 219 Å². The second-order valence-corrected chi connectivity index (χ2v) is 33.0. The molecule has 0 aromatic heterocycles. The maximum atomic E-state index is 14.7. The lowest BCUT2D eigenvalue weighted by Crippen LogP contribution is -2.63. The third kappa shape index (κ3) is 24.7. The van der Waals surface area contributed by atoms with Crippen LogP contribution in [0.3, 0.4) is 0 Å². The molecule has 1 heterocycles. The second kappa shape index (κ2) is 42.4. The Bertz CT molecular complexity index is 4720. The third-order valence-corrected chi connectivity index (χ3v) is 23.7. The summed E-state index contributed by atoms with van der Waals surface area (Å²) < 4.78 is 135. The van der Waals surface area contributed by atoms with Crippen molar-refractivity contribution in [3.8, 4) is 11.1 Å². The van der Waals surface area contributed by atoms with Crippen molar-refractivity contribution in [2.24, 2.45) is 0 Å². The number of hydrogen-bond donors (Lipinski definition) is 6. The predicted octanol–water partition coefficient (Wildman–Crippen LogP) is 9.35. The van der Waals surface area contributed by atoms with E-state index >= 15 is 0 Å². The van der Waals surface area contributed by atoms with Gasteiger partial charge in [-0.25, -0.2) is 0 Å². The zero-order valence-electron chi connectivity index (χ0n) is 65.6. The molecule has 27 heteroatoms. The molecule has 0 saturated heterocycles. The quantitative estimate of drug-likeness (QED) is 0.00688. The highest BCUT2D eigenvalue weighted by atomic mass is 28.3. The van der Waals surface area contributed by atoms with E-state index in [-0.39, 0.29) is 139 Å². The molecule has 1 amide bonds. The molecule has 0 unspecified atom stereocenters. The van der Waals surface area contributed by atoms with Crippen LogP contribution in [0.2, 0.25) is 13.1 Å². The van der Waals surface area contributed by atoms with E-state index in [1.807, 2.05) is 60.2 Å². The number of ether oxygens (including phenoxy) is 8. The number of Topliss-reactive ketones (excluding diaryl/α,β-unsaturated/α-hetero) is 1. The van der Waals surface area contributed by atoms with Gasteiger partial charge in [-0.3, -0.25) is 19.4 Å². The number of aryl methyl sites for hydroxylation is 1. The Labute approximate surface area is 659 Å². The molecule has 9 rings (SSSR count). The second-order valence-electron chi connectivity index (χ2n) is 28.6. The van der Waals surface area contributed by atoms with Crippen molar-refractivity contribution >= 4 is 94.2 Å². The minimum absolute atomic E-state index is 0.000234. The van der Waals surface area contributed by atoms with Gasteiger partial charge < -0.3 is 68.6 Å². The Hall–Kier alpha value is -8.19. The molecule has 0 radical (unpaired) electrons. The Balaban J connectivity index is 1.09. The molecular formula is C86H104B2F6N4O14Si. The summed E-state index contributed by atoms with van der Waals surface area (Å²) in [6.07, 6.45) is -6.51. The zero-order valence-corrected chi connectivity index (χ0v) is 66.6. The van der Waals surface area contributed by atoms with Crippen LogP contribution in [0, 0.1) is 6.92 Å². The summed E-state index contributed by atoms with van der Waals surface area (Å²) in [5, 5.41) is 56.9. The normalized spacial score (nSPS) is 13.0. The lowest BCUT2D eigenvalue weighted by atomic mass is 9.76. The van der Waals surface area contributed by atoms with E-state index in [2.05, 4.69) is 111 Å². The van der Waals surface area contributed by atoms with Crippen LogP contribution >= 0.6 is 0 Å². The largest absolute Gasteiger partial charge is 0.488 e. The first-order valence-electron chi connectivity index (χ1n) is 38.1. The molecule has 0 saturated carbocycles. The van der Waals surface area contributed by atoms with Gasteiger partial charge >= 0.3 is 26.6 Å². The van der Waals surface area contributed by atoms with Crippen LogP contribution < -0.4 is 42.4 Å². The monoisotopic (exact) mass is 1580 g/mol. The number of anilines is 1. The van der Waals surface area contributed by atoms with E-state index in [1.165, 1.54) is 10.4 Å². The number of carbonyl (C=O) groups excluding carboxylic acids is 2. The number of allylic oxidation sites excluding steroid dienone is 1. The molecule has 8 aromatic rings. The SMILES string of the molecule is C=C(C)C(=O)CCCOCCOCCOCCOCCN(Cc1cc(C(F)(F)F)ccc1B(O)O)Cc1c2ccccc2c(CN(CCOCCOCCOCCOCCNC(=O)C(=C)C)Cc2cc(C(F)(F)F)ccc2B(O)O)c2ccc(-c3ccc(C)c(C4=c5cc/c(=C\C)cc5[Si](C)(C)c5cc(NC)ccc54)c3)cc12. The smallest absolute Gasteiger partial charge is 0.423 e. The zero-order chi connectivity index (χ0) is 81.4. The average Bonchev–Trinajstić information content (AvgIpc) is 0.715. The van der Waals surface area contributed by atoms with Crippen molar-refractivity contribution in [3.05, 3.63) is 218 Å². The fourth-order valence-electron chi connectivity index (χ4n) is 14.0. The van der Waals surface area contributed by atoms with Crippen LogP contribution in [-0.2, 0) is 86.0 Å². The van der Waals surface area contributed by atoms with Crippen molar-refractivity contribution in [1.82, 2.24) is 15.1 Å². The van der Waals surface area contributed by atoms with Gasteiger partial charge in [-0.1, -0.05) is 129 Å². The number of amides is 1. The lowest BCUT2D eigenvalue weighted by molar-refractivity contribution is -0.138. The Morgan fingerprint density at radius 2 is 0.991 bits per heavy atom. The van der Waals surface area contributed by atoms with Gasteiger partial charge in [0.2, 0.25) is 5.91 Å². The minimum atomic E-state index is -4.78. The van der Waals surface area contributed by atoms with Gasteiger partial charge in [0, 0.05) is 77.1 Å². The summed E-state index contributed by atoms with van der Waals surface area (Å²) in [7, 11) is -4.66. The van der Waals surface area contributed by atoms with Gasteiger partial charge in [0.15, 0.2) is 5.78 Å². The van der Waals surface area contributed by atoms with Gasteiger partial charge in [0.1, 0.15) is 8.07 Å². The first-order valence-corrected chi connectivity index (χ1v) is 41.1. The number of hydrogen-bond acceptors (Lipinski definition) is 17. The van der Waals surface area contributed by atoms with Crippen molar-refractivity contribution < 1.29 is 93.9 Å². The van der Waals surface area contributed by atoms with E-state index < -0.39 is 45.8 Å². The van der Waals surface area contributed by atoms with E-state index in [0.717, 1.165) is 119 Å². The van der Waals surface area contributed by atoms with Crippen molar-refractivity contribution in [3.63, 3.8) is 0 Å². The minimum Gasteiger partial charge on any atom is -0.423 e. The molecule has 0 aliphatic carbocycles. The Morgan fingerprint density at radius 1 is 0.513 bits per heavy atom. The van der Waals surface area contributed by atoms with Crippen LogP contribution in [0.4, 0.5) is 32.0 Å². The summed E-state index contributed by atoms with van der Waals surface area (Å²) >= 11 is 0. The number of nitrogens with one attached hydrogen (secondary N) is 2. The molecule has 0 bridgehead atoms. The summed E-state index contributed by atoms with van der Waals surface area (Å²) in [5.41, 5.74) is 7.21. The Kier molecular flexibility index (Phi) is 33.3. The summed E-state index contributed by atoms with van der Waals surface area (Å²) in [5.74, 6) is -0.249. The molecule has 6 N–H and O–H groups in total. The summed E-state index contributed by atoms with van der Waals surface area (Å²) in [6, 6.07) is 39.1. The molecule has 18 nitrogen and oxygen atoms in total. The van der Waals surface area contributed by atoms with Gasteiger partial charge in [-0.15, -0.1) is 0 Å². The van der Waals surface area contributed by atoms with Crippen LogP contribution in [-0.4, -0.2) is 196 Å². The summed E-state index contributed by atoms with van der Waals surface area (Å²) in [4.78, 5) is 27.4. The van der Waals surface area contributed by atoms with Crippen LogP contribution in [0.15, 0.2) is 158 Å². The molecule has 0 spiro atoms. The maximum absolute atomic E-state index is 14.7. The molecule has 0 atom stereocenters. The van der Waals surface area contributed by atoms with Crippen molar-refractivity contribution in [2.75, 3.05) is 138 Å². The predicted molar refractivity (Wildman–Crippen MR) is 436 cm³/mol. The molecule has 113 heavy (non-hydrogen) atoms. The van der Waals surface area contributed by atoms with Crippen LogP contribution in [0.25, 0.3) is 44.3 Å². The van der Waals surface area contributed by atoms with Gasteiger partial charge in [0.25, 0.3) is 0 Å². The number of halogens is 6. The van der Waals surface area contributed by atoms with Crippen LogP contribution in [0.5, 0.6) is 0 Å². The fourth-order valence-corrected chi connectivity index (χ4v) is 17.1. The lowest BCUT2D eigenvalue weighted by Gasteiger charge is -2.34. The van der Waals surface area contributed by atoms with E-state index in [4.69, 9.17) is 37.9 Å². The number of ketones is 1. The number of fused-ring (bicyclic) bond motifs is 4. The maximum Gasteiger partial charge on any atom is 0.488 e. The van der Waals surface area contributed by atoms with Crippen molar-refractivity contribution in [2.45, 2.75) is 92.2 Å². The number of benzene rings is 8. The highest BCUT2D eigenvalue weighted by Gasteiger charge is 2.37. The van der Waals surface area contributed by atoms with E-state index in [1.54, 1.807) is 13.8 Å². The molecule has 8 aromatic carbocycles. The fraction of sp³-hybridized carbons (Fsp3) is 0.395. The first-order chi connectivity index (χ1) is 54.1. The van der Waals surface area contributed by atoms with Crippen molar-refractivity contribution in [1.29, 1.82) is 0 Å². The van der Waals surface area contributed by atoms with Crippen LogP contribution in [0.1, 0.15) is 83.7 Å². The van der Waals surface area contributed by atoms with Gasteiger partial charge in [-0.05, 0) is 185 Å². The number of carbonyl (C=O) groups is 2. The molecule has 1 aliphatic rings. The first kappa shape index (κ1) is 88.8. The highest BCUT2D eigenvalue weighted by molar-refractivity contribution is 7.01. The average molecular weight is 1580 g/mol. The number of alkyl halides is 6. The van der Waals surface area contributed by atoms with Gasteiger partial charge in [0.05, 0.1) is 110 Å². The summed E-state index contributed by atoms with van der Waals surface area (Å²) in [6.45, 7) is 23.6. The number of nitrogens with zero attached hydrogens (tertiary/aromatic N) is 2. The number of rotatable bonds is 46.